The van der Waals surface area contributed by atoms with Crippen LogP contribution in [-0.2, 0) is 4.79 Å². The maximum Gasteiger partial charge on any atom is 0.228 e. The van der Waals surface area contributed by atoms with Gasteiger partial charge in [0, 0.05) is 18.5 Å². The minimum atomic E-state index is -0.00733. The number of likely N-dealkylation sites (tertiary alicyclic amines) is 1. The predicted molar refractivity (Wildman–Crippen MR) is 93.3 cm³/mol. The van der Waals surface area contributed by atoms with Crippen molar-refractivity contribution >= 4 is 18.3 Å². The number of carbonyl (C=O) groups is 1. The number of hydrogen-bond donors (Lipinski definition) is 1. The van der Waals surface area contributed by atoms with Gasteiger partial charge in [0.15, 0.2) is 0 Å². The standard InChI is InChI=1S/C18H32N2O.ClH/c1-15(2)13-18(5-3-4-6-18)16(21)20-12-9-17(14-20)7-10-19-11-8-17;/h15,19H,3-14H2,1-2H3;1H. The highest BCUT2D eigenvalue weighted by Gasteiger charge is 2.48. The molecule has 3 aliphatic rings. The van der Waals surface area contributed by atoms with Crippen LogP contribution in [0.4, 0.5) is 0 Å². The van der Waals surface area contributed by atoms with E-state index >= 15 is 0 Å². The van der Waals surface area contributed by atoms with Crippen molar-refractivity contribution in [3.63, 3.8) is 0 Å². The quantitative estimate of drug-likeness (QED) is 0.858. The first-order chi connectivity index (χ1) is 10.1. The molecule has 2 aliphatic heterocycles. The Hall–Kier alpha value is -0.280. The molecule has 1 saturated carbocycles. The summed E-state index contributed by atoms with van der Waals surface area (Å²) in [5.41, 5.74) is 0.436. The lowest BCUT2D eigenvalue weighted by atomic mass is 9.76. The highest BCUT2D eigenvalue weighted by Crippen LogP contribution is 2.47. The average Bonchev–Trinajstić information content (AvgIpc) is 3.07. The van der Waals surface area contributed by atoms with Gasteiger partial charge < -0.3 is 10.2 Å². The van der Waals surface area contributed by atoms with Gasteiger partial charge in [0.1, 0.15) is 0 Å². The number of nitrogens with zero attached hydrogens (tertiary/aromatic N) is 1. The van der Waals surface area contributed by atoms with Crippen LogP contribution in [-0.4, -0.2) is 37.0 Å². The fourth-order valence-electron chi connectivity index (χ4n) is 5.15. The highest BCUT2D eigenvalue weighted by atomic mass is 35.5. The summed E-state index contributed by atoms with van der Waals surface area (Å²) in [6.07, 6.45) is 9.61. The number of nitrogens with one attached hydrogen (secondary N) is 1. The molecule has 128 valence electrons. The summed E-state index contributed by atoms with van der Waals surface area (Å²) < 4.78 is 0. The molecule has 3 nitrogen and oxygen atoms in total. The Labute approximate surface area is 142 Å². The number of halogens is 1. The Morgan fingerprint density at radius 1 is 1.09 bits per heavy atom. The van der Waals surface area contributed by atoms with Crippen LogP contribution in [0.25, 0.3) is 0 Å². The van der Waals surface area contributed by atoms with E-state index in [2.05, 4.69) is 24.1 Å². The van der Waals surface area contributed by atoms with Gasteiger partial charge in [-0.15, -0.1) is 12.4 Å². The van der Waals surface area contributed by atoms with Gasteiger partial charge in [0.2, 0.25) is 5.91 Å². The van der Waals surface area contributed by atoms with E-state index in [0.29, 0.717) is 17.2 Å². The molecule has 1 N–H and O–H groups in total. The Morgan fingerprint density at radius 2 is 1.73 bits per heavy atom. The van der Waals surface area contributed by atoms with E-state index in [1.54, 1.807) is 0 Å². The summed E-state index contributed by atoms with van der Waals surface area (Å²) in [6.45, 7) is 8.86. The molecule has 0 atom stereocenters. The molecule has 0 aromatic heterocycles. The fourth-order valence-corrected chi connectivity index (χ4v) is 5.15. The van der Waals surface area contributed by atoms with Crippen molar-refractivity contribution in [1.29, 1.82) is 0 Å². The predicted octanol–water partition coefficient (Wildman–Crippen LogP) is 3.62. The number of carbonyl (C=O) groups excluding carboxylic acids is 1. The summed E-state index contributed by atoms with van der Waals surface area (Å²) in [5.74, 6) is 1.13. The van der Waals surface area contributed by atoms with Crippen LogP contribution >= 0.6 is 12.4 Å². The molecule has 3 fully saturated rings. The van der Waals surface area contributed by atoms with Crippen molar-refractivity contribution in [2.75, 3.05) is 26.2 Å². The molecule has 0 aromatic carbocycles. The Balaban J connectivity index is 0.00000176. The van der Waals surface area contributed by atoms with Crippen LogP contribution in [0.15, 0.2) is 0 Å². The largest absolute Gasteiger partial charge is 0.342 e. The molecule has 1 amide bonds. The van der Waals surface area contributed by atoms with E-state index < -0.39 is 0 Å². The summed E-state index contributed by atoms with van der Waals surface area (Å²) in [6, 6.07) is 0. The van der Waals surface area contributed by atoms with Crippen LogP contribution in [0.1, 0.15) is 65.2 Å². The molecule has 4 heteroatoms. The lowest BCUT2D eigenvalue weighted by molar-refractivity contribution is -0.142. The van der Waals surface area contributed by atoms with Crippen LogP contribution < -0.4 is 5.32 Å². The van der Waals surface area contributed by atoms with Crippen molar-refractivity contribution in [1.82, 2.24) is 10.2 Å². The van der Waals surface area contributed by atoms with E-state index in [0.717, 1.165) is 45.4 Å². The molecule has 1 spiro atoms. The maximum absolute atomic E-state index is 13.2. The second-order valence-electron chi connectivity index (χ2n) is 8.31. The molecule has 0 aromatic rings. The van der Waals surface area contributed by atoms with E-state index in [1.807, 2.05) is 0 Å². The Bertz CT molecular complexity index is 385. The molecule has 2 saturated heterocycles. The van der Waals surface area contributed by atoms with Gasteiger partial charge in [-0.25, -0.2) is 0 Å². The SMILES string of the molecule is CC(C)CC1(C(=O)N2CCC3(CCNCC3)C2)CCCC1.Cl. The first-order valence-electron chi connectivity index (χ1n) is 9.06. The zero-order valence-corrected chi connectivity index (χ0v) is 15.1. The van der Waals surface area contributed by atoms with E-state index in [-0.39, 0.29) is 17.8 Å². The minimum absolute atomic E-state index is 0. The van der Waals surface area contributed by atoms with Gasteiger partial charge in [-0.3, -0.25) is 4.79 Å². The third-order valence-corrected chi connectivity index (χ3v) is 6.20. The number of rotatable bonds is 3. The zero-order chi connectivity index (χ0) is 14.9. The minimum Gasteiger partial charge on any atom is -0.342 e. The third-order valence-electron chi connectivity index (χ3n) is 6.20. The normalized spacial score (nSPS) is 26.4. The first kappa shape index (κ1) is 18.1. The number of piperidine rings is 1. The summed E-state index contributed by atoms with van der Waals surface area (Å²) in [5, 5.41) is 3.47. The lowest BCUT2D eigenvalue weighted by Gasteiger charge is -2.37. The van der Waals surface area contributed by atoms with Crippen LogP contribution in [0, 0.1) is 16.7 Å². The molecule has 1 aliphatic carbocycles. The maximum atomic E-state index is 13.2. The fraction of sp³-hybridized carbons (Fsp3) is 0.944. The third kappa shape index (κ3) is 3.46. The number of amides is 1. The van der Waals surface area contributed by atoms with Crippen LogP contribution in [0.5, 0.6) is 0 Å². The topological polar surface area (TPSA) is 32.3 Å². The van der Waals surface area contributed by atoms with Gasteiger partial charge in [0.25, 0.3) is 0 Å². The van der Waals surface area contributed by atoms with E-state index in [9.17, 15) is 4.79 Å². The molecule has 2 heterocycles. The molecule has 3 rings (SSSR count). The van der Waals surface area contributed by atoms with E-state index in [4.69, 9.17) is 0 Å². The van der Waals surface area contributed by atoms with Gasteiger partial charge in [-0.05, 0) is 62.9 Å². The molecule has 22 heavy (non-hydrogen) atoms. The lowest BCUT2D eigenvalue weighted by Crippen LogP contribution is -2.44. The first-order valence-corrected chi connectivity index (χ1v) is 9.06. The van der Waals surface area contributed by atoms with Crippen molar-refractivity contribution in [3.05, 3.63) is 0 Å². The van der Waals surface area contributed by atoms with Crippen molar-refractivity contribution < 1.29 is 4.79 Å². The molecule has 0 radical (unpaired) electrons. The highest BCUT2D eigenvalue weighted by molar-refractivity contribution is 5.85. The Kier molecular flexibility index (Phi) is 5.82. The van der Waals surface area contributed by atoms with Gasteiger partial charge in [-0.1, -0.05) is 26.7 Å². The van der Waals surface area contributed by atoms with Crippen LogP contribution in [0.3, 0.4) is 0 Å². The smallest absolute Gasteiger partial charge is 0.228 e. The monoisotopic (exact) mass is 328 g/mol. The second kappa shape index (κ2) is 7.09. The van der Waals surface area contributed by atoms with Gasteiger partial charge in [-0.2, -0.15) is 0 Å². The summed E-state index contributed by atoms with van der Waals surface area (Å²) in [7, 11) is 0. The Morgan fingerprint density at radius 3 is 2.32 bits per heavy atom. The van der Waals surface area contributed by atoms with Gasteiger partial charge >= 0.3 is 0 Å². The summed E-state index contributed by atoms with van der Waals surface area (Å²) in [4.78, 5) is 15.5. The zero-order valence-electron chi connectivity index (χ0n) is 14.3. The summed E-state index contributed by atoms with van der Waals surface area (Å²) >= 11 is 0. The molecule has 0 unspecified atom stereocenters. The molecule has 0 bridgehead atoms. The molecular weight excluding hydrogens is 296 g/mol. The van der Waals surface area contributed by atoms with E-state index in [1.165, 1.54) is 32.1 Å². The number of hydrogen-bond acceptors (Lipinski definition) is 2. The van der Waals surface area contributed by atoms with Crippen molar-refractivity contribution in [3.8, 4) is 0 Å². The van der Waals surface area contributed by atoms with Crippen molar-refractivity contribution in [2.45, 2.75) is 65.2 Å². The van der Waals surface area contributed by atoms with Gasteiger partial charge in [0.05, 0.1) is 0 Å². The molecular formula is C18H33ClN2O. The van der Waals surface area contributed by atoms with Crippen molar-refractivity contribution in [2.24, 2.45) is 16.7 Å². The van der Waals surface area contributed by atoms with Crippen LogP contribution in [0.2, 0.25) is 0 Å². The average molecular weight is 329 g/mol. The second-order valence-corrected chi connectivity index (χ2v) is 8.31.